The van der Waals surface area contributed by atoms with Crippen LogP contribution in [0.3, 0.4) is 0 Å². The Morgan fingerprint density at radius 3 is 2.43 bits per heavy atom. The number of carbonyl (C=O) groups is 2. The van der Waals surface area contributed by atoms with Crippen LogP contribution in [0, 0.1) is 5.92 Å². The van der Waals surface area contributed by atoms with Gasteiger partial charge in [-0.3, -0.25) is 29.4 Å². The third kappa shape index (κ3) is 4.74. The molecule has 2 aliphatic carbocycles. The van der Waals surface area contributed by atoms with Crippen LogP contribution in [0.2, 0.25) is 0 Å². The average Bonchev–Trinajstić information content (AvgIpc) is 3.19. The van der Waals surface area contributed by atoms with Crippen molar-refractivity contribution < 1.29 is 9.59 Å². The van der Waals surface area contributed by atoms with Gasteiger partial charge in [0.2, 0.25) is 0 Å². The molecule has 1 aromatic carbocycles. The minimum atomic E-state index is -0.208. The molecule has 2 amide bonds. The van der Waals surface area contributed by atoms with Crippen molar-refractivity contribution in [1.82, 2.24) is 19.8 Å². The number of imide groups is 1. The van der Waals surface area contributed by atoms with Crippen molar-refractivity contribution in [3.8, 4) is 0 Å². The molecule has 3 aliphatic rings. The first-order valence-electron chi connectivity index (χ1n) is 13.4. The first kappa shape index (κ1) is 23.7. The highest BCUT2D eigenvalue weighted by molar-refractivity contribution is 6.21. The monoisotopic (exact) mass is 492 g/mol. The van der Waals surface area contributed by atoms with Crippen molar-refractivity contribution >= 4 is 11.8 Å². The summed E-state index contributed by atoms with van der Waals surface area (Å²) in [4.78, 5) is 38.8. The standard InChI is InChI=1S/C31H32N4O2/c36-30-25-11-1-2-12-26(25)31(37)35(30)19-4-3-18-34(28-13-5-8-24-10-7-17-33-29(24)28)21-22-14-15-23-9-6-16-32-27(23)20-22/h1-4,6-7,9-12,16-17,22,28H,5,8,13-15,18-21H2/b4-3-/t22?,28-/m0/s1. The third-order valence-corrected chi connectivity index (χ3v) is 8.06. The molecule has 0 saturated carbocycles. The lowest BCUT2D eigenvalue weighted by Crippen LogP contribution is -2.37. The highest BCUT2D eigenvalue weighted by atomic mass is 16.2. The lowest BCUT2D eigenvalue weighted by atomic mass is 9.85. The van der Waals surface area contributed by atoms with E-state index in [1.54, 1.807) is 24.3 Å². The van der Waals surface area contributed by atoms with Gasteiger partial charge in [-0.05, 0) is 79.8 Å². The summed E-state index contributed by atoms with van der Waals surface area (Å²) < 4.78 is 0. The van der Waals surface area contributed by atoms with Gasteiger partial charge in [-0.2, -0.15) is 0 Å². The molecule has 0 bridgehead atoms. The summed E-state index contributed by atoms with van der Waals surface area (Å²) in [6.07, 6.45) is 14.5. The van der Waals surface area contributed by atoms with E-state index in [9.17, 15) is 9.59 Å². The maximum atomic E-state index is 12.7. The Kier molecular flexibility index (Phi) is 6.66. The zero-order valence-electron chi connectivity index (χ0n) is 21.1. The molecule has 1 aliphatic heterocycles. The number of fused-ring (bicyclic) bond motifs is 3. The van der Waals surface area contributed by atoms with Crippen LogP contribution < -0.4 is 0 Å². The summed E-state index contributed by atoms with van der Waals surface area (Å²) in [7, 11) is 0. The first-order valence-corrected chi connectivity index (χ1v) is 13.4. The number of benzene rings is 1. The van der Waals surface area contributed by atoms with Crippen LogP contribution in [-0.4, -0.2) is 51.2 Å². The largest absolute Gasteiger partial charge is 0.291 e. The summed E-state index contributed by atoms with van der Waals surface area (Å²) in [6.45, 7) is 2.03. The van der Waals surface area contributed by atoms with Gasteiger partial charge >= 0.3 is 0 Å². The van der Waals surface area contributed by atoms with Gasteiger partial charge in [0.15, 0.2) is 0 Å². The molecule has 2 aromatic heterocycles. The van der Waals surface area contributed by atoms with E-state index in [1.807, 2.05) is 30.6 Å². The van der Waals surface area contributed by atoms with Crippen molar-refractivity contribution in [2.24, 2.45) is 5.92 Å². The van der Waals surface area contributed by atoms with Crippen molar-refractivity contribution in [3.63, 3.8) is 0 Å². The van der Waals surface area contributed by atoms with Crippen LogP contribution in [0.25, 0.3) is 0 Å². The van der Waals surface area contributed by atoms with Crippen LogP contribution in [0.4, 0.5) is 0 Å². The lowest BCUT2D eigenvalue weighted by Gasteiger charge is -2.37. The summed E-state index contributed by atoms with van der Waals surface area (Å²) >= 11 is 0. The highest BCUT2D eigenvalue weighted by Crippen LogP contribution is 2.35. The summed E-state index contributed by atoms with van der Waals surface area (Å²) in [5.74, 6) is 0.128. The number of carbonyl (C=O) groups excluding carboxylic acids is 2. The normalized spacial score (nSPS) is 20.8. The van der Waals surface area contributed by atoms with Gasteiger partial charge in [-0.25, -0.2) is 0 Å². The molecule has 188 valence electrons. The summed E-state index contributed by atoms with van der Waals surface area (Å²) in [6, 6.07) is 15.8. The second-order valence-corrected chi connectivity index (χ2v) is 10.4. The van der Waals surface area contributed by atoms with Crippen molar-refractivity contribution in [2.75, 3.05) is 19.6 Å². The topological polar surface area (TPSA) is 66.4 Å². The smallest absolute Gasteiger partial charge is 0.261 e. The van der Waals surface area contributed by atoms with Crippen LogP contribution in [0.15, 0.2) is 73.1 Å². The fraction of sp³-hybridized carbons (Fsp3) is 0.355. The lowest BCUT2D eigenvalue weighted by molar-refractivity contribution is 0.0671. The second-order valence-electron chi connectivity index (χ2n) is 10.4. The summed E-state index contributed by atoms with van der Waals surface area (Å²) in [5, 5.41) is 0. The van der Waals surface area contributed by atoms with Gasteiger partial charge in [-0.15, -0.1) is 0 Å². The van der Waals surface area contributed by atoms with Gasteiger partial charge in [0.05, 0.1) is 22.9 Å². The molecular formula is C31H32N4O2. The maximum Gasteiger partial charge on any atom is 0.261 e. The van der Waals surface area contributed by atoms with Crippen molar-refractivity contribution in [3.05, 3.63) is 107 Å². The number of amides is 2. The van der Waals surface area contributed by atoms with Gasteiger partial charge in [-0.1, -0.05) is 36.4 Å². The Morgan fingerprint density at radius 2 is 1.62 bits per heavy atom. The number of hydrogen-bond acceptors (Lipinski definition) is 5. The Balaban J connectivity index is 1.18. The first-order chi connectivity index (χ1) is 18.2. The molecule has 6 heteroatoms. The van der Waals surface area contributed by atoms with Crippen LogP contribution in [0.5, 0.6) is 0 Å². The van der Waals surface area contributed by atoms with E-state index >= 15 is 0 Å². The second kappa shape index (κ2) is 10.4. The number of aromatic nitrogens is 2. The van der Waals surface area contributed by atoms with Crippen LogP contribution in [0.1, 0.15) is 68.5 Å². The van der Waals surface area contributed by atoms with Crippen LogP contribution in [-0.2, 0) is 19.3 Å². The molecule has 3 heterocycles. The minimum absolute atomic E-state index is 0.208. The molecule has 6 rings (SSSR count). The molecular weight excluding hydrogens is 460 g/mol. The van der Waals surface area contributed by atoms with E-state index in [0.717, 1.165) is 51.6 Å². The van der Waals surface area contributed by atoms with E-state index in [-0.39, 0.29) is 17.9 Å². The van der Waals surface area contributed by atoms with E-state index in [4.69, 9.17) is 4.98 Å². The molecule has 0 saturated heterocycles. The number of rotatable bonds is 7. The molecule has 0 N–H and O–H groups in total. The fourth-order valence-corrected chi connectivity index (χ4v) is 6.17. The minimum Gasteiger partial charge on any atom is -0.291 e. The molecule has 6 nitrogen and oxygen atoms in total. The number of pyridine rings is 2. The van der Waals surface area contributed by atoms with Crippen LogP contribution >= 0.6 is 0 Å². The van der Waals surface area contributed by atoms with Gasteiger partial charge in [0, 0.05) is 37.7 Å². The van der Waals surface area contributed by atoms with Gasteiger partial charge in [0.25, 0.3) is 11.8 Å². The van der Waals surface area contributed by atoms with Gasteiger partial charge < -0.3 is 0 Å². The van der Waals surface area contributed by atoms with Crippen molar-refractivity contribution in [2.45, 2.75) is 44.6 Å². The molecule has 37 heavy (non-hydrogen) atoms. The van der Waals surface area contributed by atoms with E-state index < -0.39 is 0 Å². The number of hydrogen-bond donors (Lipinski definition) is 0. The van der Waals surface area contributed by atoms with E-state index in [2.05, 4.69) is 28.1 Å². The third-order valence-electron chi connectivity index (χ3n) is 8.06. The highest BCUT2D eigenvalue weighted by Gasteiger charge is 2.34. The average molecular weight is 493 g/mol. The number of aryl methyl sites for hydroxylation is 2. The molecule has 3 aromatic rings. The molecule has 0 radical (unpaired) electrons. The van der Waals surface area contributed by atoms with Crippen molar-refractivity contribution in [1.29, 1.82) is 0 Å². The Hall–Kier alpha value is -3.64. The zero-order valence-corrected chi connectivity index (χ0v) is 21.1. The predicted molar refractivity (Wildman–Crippen MR) is 142 cm³/mol. The quantitative estimate of drug-likeness (QED) is 0.350. The Morgan fingerprint density at radius 1 is 0.865 bits per heavy atom. The van der Waals surface area contributed by atoms with E-state index in [1.165, 1.54) is 27.4 Å². The molecule has 0 spiro atoms. The Bertz CT molecular complexity index is 1320. The molecule has 0 fully saturated rings. The SMILES string of the molecule is O=C1c2ccccc2C(=O)N1C/C=C\CN(CC1CCc2cccnc2C1)[C@H]1CCCc2cccnc21. The molecule has 2 atom stereocenters. The number of nitrogens with zero attached hydrogens (tertiary/aromatic N) is 4. The molecule has 1 unspecified atom stereocenters. The van der Waals surface area contributed by atoms with E-state index in [0.29, 0.717) is 23.6 Å². The van der Waals surface area contributed by atoms with Gasteiger partial charge in [0.1, 0.15) is 0 Å². The zero-order chi connectivity index (χ0) is 25.2. The Labute approximate surface area is 218 Å². The predicted octanol–water partition coefficient (Wildman–Crippen LogP) is 4.81. The fourth-order valence-electron chi connectivity index (χ4n) is 6.17. The maximum absolute atomic E-state index is 12.7. The summed E-state index contributed by atoms with van der Waals surface area (Å²) in [5.41, 5.74) is 6.18.